The number of hydrogen-bond acceptors (Lipinski definition) is 4. The Hall–Kier alpha value is -0.830. The van der Waals surface area contributed by atoms with Crippen LogP contribution in [0.25, 0.3) is 0 Å². The highest BCUT2D eigenvalue weighted by atomic mass is 32.2. The molecule has 144 valence electrons. The third-order valence-electron chi connectivity index (χ3n) is 6.23. The van der Waals surface area contributed by atoms with E-state index in [-0.39, 0.29) is 0 Å². The van der Waals surface area contributed by atoms with Crippen LogP contribution >= 0.6 is 0 Å². The van der Waals surface area contributed by atoms with Gasteiger partial charge >= 0.3 is 12.1 Å². The summed E-state index contributed by atoms with van der Waals surface area (Å²) in [6, 6.07) is 0. The fourth-order valence-electron chi connectivity index (χ4n) is 5.25. The molecule has 0 aromatic heterocycles. The van der Waals surface area contributed by atoms with Gasteiger partial charge in [-0.05, 0) is 63.2 Å². The minimum atomic E-state index is -4.92. The number of hydrogen-bond donors (Lipinski definition) is 1. The summed E-state index contributed by atoms with van der Waals surface area (Å²) in [4.78, 5) is 12.7. The van der Waals surface area contributed by atoms with Crippen LogP contribution < -0.4 is 0 Å². The first-order valence-electron chi connectivity index (χ1n) is 8.57. The molecule has 4 aliphatic carbocycles. The molecule has 25 heavy (non-hydrogen) atoms. The average Bonchev–Trinajstić information content (AvgIpc) is 2.41. The van der Waals surface area contributed by atoms with E-state index in [4.69, 9.17) is 9.29 Å². The lowest BCUT2D eigenvalue weighted by molar-refractivity contribution is -0.272. The summed E-state index contributed by atoms with van der Waals surface area (Å²) in [6.07, 6.45) is -1.16. The molecule has 0 aromatic carbocycles. The summed E-state index contributed by atoms with van der Waals surface area (Å²) in [6.45, 7) is 0.677. The lowest BCUT2D eigenvalue weighted by Crippen LogP contribution is -2.55. The zero-order valence-corrected chi connectivity index (χ0v) is 14.8. The van der Waals surface area contributed by atoms with Gasteiger partial charge in [-0.15, -0.1) is 0 Å². The quantitative estimate of drug-likeness (QED) is 0.581. The molecular formula is C16H23F3O5S. The molecule has 0 saturated heterocycles. The van der Waals surface area contributed by atoms with Crippen molar-refractivity contribution >= 4 is 16.1 Å². The monoisotopic (exact) mass is 384 g/mol. The molecule has 9 heteroatoms. The Labute approximate surface area is 145 Å². The predicted molar refractivity (Wildman–Crippen MR) is 82.2 cm³/mol. The fourth-order valence-corrected chi connectivity index (χ4v) is 5.90. The number of carbonyl (C=O) groups is 1. The molecule has 0 aliphatic heterocycles. The van der Waals surface area contributed by atoms with Crippen LogP contribution in [0.1, 0.15) is 51.9 Å². The van der Waals surface area contributed by atoms with Crippen molar-refractivity contribution in [3.8, 4) is 0 Å². The summed E-state index contributed by atoms with van der Waals surface area (Å²) in [5, 5.41) is 0. The Balaban J connectivity index is 1.79. The van der Waals surface area contributed by atoms with Gasteiger partial charge < -0.3 is 4.74 Å². The Kier molecular flexibility index (Phi) is 4.42. The van der Waals surface area contributed by atoms with Crippen LogP contribution in [0.15, 0.2) is 0 Å². The summed E-state index contributed by atoms with van der Waals surface area (Å²) in [5.41, 5.74) is -3.79. The third kappa shape index (κ3) is 3.67. The molecule has 0 heterocycles. The topological polar surface area (TPSA) is 80.7 Å². The largest absolute Gasteiger partial charge is 0.449 e. The van der Waals surface area contributed by atoms with E-state index >= 15 is 0 Å². The van der Waals surface area contributed by atoms with Crippen molar-refractivity contribution in [2.75, 3.05) is 5.75 Å². The number of rotatable bonds is 5. The maximum atomic E-state index is 13.5. The molecule has 0 amide bonds. The molecule has 1 unspecified atom stereocenters. The number of ether oxygens (including phenoxy) is 1. The predicted octanol–water partition coefficient (Wildman–Crippen LogP) is 3.34. The van der Waals surface area contributed by atoms with Gasteiger partial charge in [0, 0.05) is 6.42 Å². The Morgan fingerprint density at radius 2 is 1.56 bits per heavy atom. The zero-order chi connectivity index (χ0) is 18.7. The first-order chi connectivity index (χ1) is 11.3. The van der Waals surface area contributed by atoms with Crippen molar-refractivity contribution in [1.29, 1.82) is 0 Å². The molecule has 4 rings (SSSR count). The van der Waals surface area contributed by atoms with Crippen LogP contribution in [0, 0.1) is 23.2 Å². The molecule has 0 radical (unpaired) electrons. The smallest absolute Gasteiger partial charge is 0.428 e. The molecule has 4 aliphatic rings. The first-order valence-corrected chi connectivity index (χ1v) is 10.2. The maximum absolute atomic E-state index is 13.5. The fraction of sp³-hybridized carbons (Fsp3) is 0.938. The second kappa shape index (κ2) is 5.84. The van der Waals surface area contributed by atoms with Gasteiger partial charge in [0.2, 0.25) is 5.60 Å². The highest BCUT2D eigenvalue weighted by molar-refractivity contribution is 7.85. The second-order valence-corrected chi connectivity index (χ2v) is 9.92. The van der Waals surface area contributed by atoms with Gasteiger partial charge in [0.15, 0.2) is 0 Å². The van der Waals surface area contributed by atoms with Gasteiger partial charge in [-0.2, -0.15) is 21.6 Å². The van der Waals surface area contributed by atoms with Crippen molar-refractivity contribution in [3.63, 3.8) is 0 Å². The van der Waals surface area contributed by atoms with Crippen LogP contribution in [0.5, 0.6) is 0 Å². The lowest BCUT2D eigenvalue weighted by Gasteiger charge is -2.55. The van der Waals surface area contributed by atoms with Crippen LogP contribution in [-0.4, -0.2) is 36.5 Å². The van der Waals surface area contributed by atoms with Crippen molar-refractivity contribution in [1.82, 2.24) is 0 Å². The van der Waals surface area contributed by atoms with E-state index in [1.54, 1.807) is 0 Å². The maximum Gasteiger partial charge on any atom is 0.428 e. The highest BCUT2D eigenvalue weighted by Gasteiger charge is 2.60. The summed E-state index contributed by atoms with van der Waals surface area (Å²) < 4.78 is 75.8. The minimum Gasteiger partial charge on any atom is -0.449 e. The number of carbonyl (C=O) groups excluding carboxylic acids is 1. The molecular weight excluding hydrogens is 361 g/mol. The van der Waals surface area contributed by atoms with Crippen molar-refractivity contribution in [2.24, 2.45) is 23.2 Å². The van der Waals surface area contributed by atoms with E-state index in [0.717, 1.165) is 19.3 Å². The van der Waals surface area contributed by atoms with Crippen LogP contribution in [-0.2, 0) is 19.6 Å². The van der Waals surface area contributed by atoms with Crippen LogP contribution in [0.4, 0.5) is 13.2 Å². The molecule has 0 aromatic rings. The Bertz CT molecular complexity index is 622. The van der Waals surface area contributed by atoms with Crippen molar-refractivity contribution in [2.45, 2.75) is 63.6 Å². The van der Waals surface area contributed by atoms with Gasteiger partial charge in [-0.25, -0.2) is 0 Å². The van der Waals surface area contributed by atoms with E-state index in [9.17, 15) is 26.4 Å². The Morgan fingerprint density at radius 3 is 1.92 bits per heavy atom. The molecule has 0 spiro atoms. The second-order valence-electron chi connectivity index (χ2n) is 8.35. The summed E-state index contributed by atoms with van der Waals surface area (Å²) in [5.74, 6) is -0.866. The first kappa shape index (κ1) is 18.9. The molecule has 1 atom stereocenters. The van der Waals surface area contributed by atoms with Crippen LogP contribution in [0.2, 0.25) is 0 Å². The van der Waals surface area contributed by atoms with Gasteiger partial charge in [-0.3, -0.25) is 9.35 Å². The number of esters is 1. The summed E-state index contributed by atoms with van der Waals surface area (Å²) >= 11 is 0. The van der Waals surface area contributed by atoms with E-state index in [1.807, 2.05) is 0 Å². The van der Waals surface area contributed by atoms with Gasteiger partial charge in [0.25, 0.3) is 10.1 Å². The molecule has 5 nitrogen and oxygen atoms in total. The SMILES string of the molecule is CC(CCS(=O)(=O)O)(OC(=O)C12CC3CC(CC(C3)C1)C2)C(F)(F)F. The molecule has 1 N–H and O–H groups in total. The normalized spacial score (nSPS) is 36.9. The van der Waals surface area contributed by atoms with E-state index < -0.39 is 45.5 Å². The summed E-state index contributed by atoms with van der Waals surface area (Å²) in [7, 11) is -4.59. The van der Waals surface area contributed by atoms with E-state index in [1.165, 1.54) is 0 Å². The lowest BCUT2D eigenvalue weighted by atomic mass is 9.49. The molecule has 4 bridgehead atoms. The van der Waals surface area contributed by atoms with Crippen molar-refractivity contribution in [3.05, 3.63) is 0 Å². The minimum absolute atomic E-state index is 0.369. The standard InChI is InChI=1S/C16H23F3O5S/c1-14(16(17,18)19,2-3-25(21,22)23)24-13(20)15-7-10-4-11(8-15)6-12(5-10)9-15/h10-12H,2-9H2,1H3,(H,21,22,23). The van der Waals surface area contributed by atoms with Crippen molar-refractivity contribution < 1.29 is 35.7 Å². The third-order valence-corrected chi connectivity index (χ3v) is 6.95. The van der Waals surface area contributed by atoms with Gasteiger partial charge in [0.05, 0.1) is 11.2 Å². The van der Waals surface area contributed by atoms with Crippen LogP contribution in [0.3, 0.4) is 0 Å². The molecule has 4 fully saturated rings. The van der Waals surface area contributed by atoms with Gasteiger partial charge in [0.1, 0.15) is 0 Å². The zero-order valence-electron chi connectivity index (χ0n) is 14.0. The van der Waals surface area contributed by atoms with Gasteiger partial charge in [-0.1, -0.05) is 0 Å². The highest BCUT2D eigenvalue weighted by Crippen LogP contribution is 2.60. The number of alkyl halides is 3. The van der Waals surface area contributed by atoms with E-state index in [2.05, 4.69) is 0 Å². The average molecular weight is 384 g/mol. The molecule has 4 saturated carbocycles. The van der Waals surface area contributed by atoms with E-state index in [0.29, 0.717) is 43.9 Å². The number of halogens is 3. The Morgan fingerprint density at radius 1 is 1.12 bits per heavy atom.